The van der Waals surface area contributed by atoms with E-state index in [2.05, 4.69) is 0 Å². The number of carbonyl (C=O) groups excluding carboxylic acids is 1. The number of nitrogens with two attached hydrogens (primary N) is 1. The van der Waals surface area contributed by atoms with Gasteiger partial charge in [0.25, 0.3) is 0 Å². The zero-order chi connectivity index (χ0) is 8.15. The van der Waals surface area contributed by atoms with Crippen LogP contribution in [0.5, 0.6) is 0 Å². The predicted molar refractivity (Wildman–Crippen MR) is 42.4 cm³/mol. The van der Waals surface area contributed by atoms with Gasteiger partial charge in [0.05, 0.1) is 0 Å². The lowest BCUT2D eigenvalue weighted by molar-refractivity contribution is -0.113. The van der Waals surface area contributed by atoms with Crippen molar-refractivity contribution in [2.75, 3.05) is 0 Å². The van der Waals surface area contributed by atoms with Gasteiger partial charge in [-0.1, -0.05) is 12.2 Å². The van der Waals surface area contributed by atoms with Crippen LogP contribution in [0.4, 0.5) is 0 Å². The highest BCUT2D eigenvalue weighted by Crippen LogP contribution is 2.01. The van der Waals surface area contributed by atoms with E-state index in [-0.39, 0.29) is 5.78 Å². The molecule has 0 aromatic carbocycles. The summed E-state index contributed by atoms with van der Waals surface area (Å²) in [5.41, 5.74) is 6.61. The molecule has 0 atom stereocenters. The molecule has 0 rings (SSSR count). The fourth-order valence-corrected chi connectivity index (χ4v) is 0.693. The van der Waals surface area contributed by atoms with Gasteiger partial charge >= 0.3 is 0 Å². The molecule has 0 aliphatic rings. The summed E-state index contributed by atoms with van der Waals surface area (Å²) in [6.07, 6.45) is 3.52. The van der Waals surface area contributed by atoms with Gasteiger partial charge in [0, 0.05) is 11.3 Å². The van der Waals surface area contributed by atoms with E-state index < -0.39 is 0 Å². The Morgan fingerprint density at radius 3 is 2.00 bits per heavy atom. The summed E-state index contributed by atoms with van der Waals surface area (Å²) in [7, 11) is 0. The molecule has 0 fully saturated rings. The second kappa shape index (κ2) is 3.88. The standard InChI is InChI=1S/C8H13NO/c1-4-5-8(6(2)9)7(3)10/h4-5H,9H2,1-3H3/b5-4-,8-6?. The zero-order valence-electron chi connectivity index (χ0n) is 6.64. The highest BCUT2D eigenvalue weighted by atomic mass is 16.1. The SMILES string of the molecule is C/C=C\C(C(C)=O)=C(C)N. The highest BCUT2D eigenvalue weighted by molar-refractivity contribution is 5.96. The van der Waals surface area contributed by atoms with Crippen LogP contribution in [0.2, 0.25) is 0 Å². The maximum Gasteiger partial charge on any atom is 0.161 e. The van der Waals surface area contributed by atoms with Gasteiger partial charge in [-0.25, -0.2) is 0 Å². The van der Waals surface area contributed by atoms with E-state index >= 15 is 0 Å². The third-order valence-electron chi connectivity index (χ3n) is 1.14. The van der Waals surface area contributed by atoms with Crippen LogP contribution in [0.15, 0.2) is 23.4 Å². The fourth-order valence-electron chi connectivity index (χ4n) is 0.693. The molecule has 0 aromatic rings. The van der Waals surface area contributed by atoms with Gasteiger partial charge in [-0.05, 0) is 20.8 Å². The summed E-state index contributed by atoms with van der Waals surface area (Å²) in [6, 6.07) is 0. The van der Waals surface area contributed by atoms with Crippen LogP contribution in [0.25, 0.3) is 0 Å². The summed E-state index contributed by atoms with van der Waals surface area (Å²) < 4.78 is 0. The molecule has 0 saturated carbocycles. The monoisotopic (exact) mass is 139 g/mol. The predicted octanol–water partition coefficient (Wildman–Crippen LogP) is 1.38. The minimum atomic E-state index is 0.0121. The topological polar surface area (TPSA) is 43.1 Å². The van der Waals surface area contributed by atoms with Gasteiger partial charge in [0.15, 0.2) is 5.78 Å². The number of allylic oxidation sites excluding steroid dienone is 4. The highest BCUT2D eigenvalue weighted by Gasteiger charge is 1.99. The molecule has 0 unspecified atom stereocenters. The smallest absolute Gasteiger partial charge is 0.161 e. The largest absolute Gasteiger partial charge is 0.402 e. The molecular weight excluding hydrogens is 126 g/mol. The minimum absolute atomic E-state index is 0.0121. The first-order valence-electron chi connectivity index (χ1n) is 3.19. The zero-order valence-corrected chi connectivity index (χ0v) is 6.64. The van der Waals surface area contributed by atoms with Gasteiger partial charge in [0.2, 0.25) is 0 Å². The van der Waals surface area contributed by atoms with Crippen LogP contribution >= 0.6 is 0 Å². The first-order chi connectivity index (χ1) is 4.59. The van der Waals surface area contributed by atoms with Gasteiger partial charge in [-0.2, -0.15) is 0 Å². The van der Waals surface area contributed by atoms with Crippen LogP contribution in [-0.4, -0.2) is 5.78 Å². The molecule has 0 amide bonds. The quantitative estimate of drug-likeness (QED) is 0.464. The second-order valence-corrected chi connectivity index (χ2v) is 2.15. The molecule has 10 heavy (non-hydrogen) atoms. The van der Waals surface area contributed by atoms with E-state index in [4.69, 9.17) is 5.73 Å². The lowest BCUT2D eigenvalue weighted by Crippen LogP contribution is -2.03. The number of hydrogen-bond donors (Lipinski definition) is 1. The Labute approximate surface area is 61.4 Å². The summed E-state index contributed by atoms with van der Waals surface area (Å²) in [4.78, 5) is 10.8. The Morgan fingerprint density at radius 2 is 1.90 bits per heavy atom. The van der Waals surface area contributed by atoms with E-state index in [9.17, 15) is 4.79 Å². The molecule has 0 bridgehead atoms. The lowest BCUT2D eigenvalue weighted by Gasteiger charge is -1.97. The Bertz CT molecular complexity index is 185. The fraction of sp³-hybridized carbons (Fsp3) is 0.375. The number of ketones is 1. The second-order valence-electron chi connectivity index (χ2n) is 2.15. The van der Waals surface area contributed by atoms with Gasteiger partial charge in [0.1, 0.15) is 0 Å². The maximum atomic E-state index is 10.8. The normalized spacial score (nSPS) is 13.5. The van der Waals surface area contributed by atoms with E-state index in [1.54, 1.807) is 19.1 Å². The molecule has 2 N–H and O–H groups in total. The van der Waals surface area contributed by atoms with E-state index in [0.717, 1.165) is 0 Å². The summed E-state index contributed by atoms with van der Waals surface area (Å²) in [5, 5.41) is 0. The Morgan fingerprint density at radius 1 is 1.40 bits per heavy atom. The Balaban J connectivity index is 4.61. The number of hydrogen-bond acceptors (Lipinski definition) is 2. The van der Waals surface area contributed by atoms with Crippen molar-refractivity contribution in [3.05, 3.63) is 23.4 Å². The minimum Gasteiger partial charge on any atom is -0.402 e. The Kier molecular flexibility index (Phi) is 3.47. The molecule has 0 aliphatic carbocycles. The van der Waals surface area contributed by atoms with Crippen molar-refractivity contribution >= 4 is 5.78 Å². The van der Waals surface area contributed by atoms with E-state index in [1.807, 2.05) is 6.92 Å². The van der Waals surface area contributed by atoms with Crippen LogP contribution in [0.3, 0.4) is 0 Å². The van der Waals surface area contributed by atoms with Crippen LogP contribution in [0.1, 0.15) is 20.8 Å². The van der Waals surface area contributed by atoms with Crippen molar-refractivity contribution in [3.8, 4) is 0 Å². The van der Waals surface area contributed by atoms with Gasteiger partial charge in [-0.3, -0.25) is 4.79 Å². The van der Waals surface area contributed by atoms with Crippen molar-refractivity contribution in [1.29, 1.82) is 0 Å². The average Bonchev–Trinajstić information content (AvgIpc) is 1.81. The van der Waals surface area contributed by atoms with Gasteiger partial charge < -0.3 is 5.73 Å². The summed E-state index contributed by atoms with van der Waals surface area (Å²) in [5.74, 6) is 0.0121. The Hall–Kier alpha value is -1.05. The van der Waals surface area contributed by atoms with Crippen LogP contribution in [0, 0.1) is 0 Å². The molecule has 0 spiro atoms. The first-order valence-corrected chi connectivity index (χ1v) is 3.19. The van der Waals surface area contributed by atoms with Crippen molar-refractivity contribution < 1.29 is 4.79 Å². The molecule has 0 heterocycles. The number of carbonyl (C=O) groups is 1. The third kappa shape index (κ3) is 2.49. The number of Topliss-reactive ketones (excluding diaryl/α,β-unsaturated/α-hetero) is 1. The third-order valence-corrected chi connectivity index (χ3v) is 1.14. The van der Waals surface area contributed by atoms with Crippen molar-refractivity contribution in [1.82, 2.24) is 0 Å². The van der Waals surface area contributed by atoms with E-state index in [1.165, 1.54) is 6.92 Å². The molecule has 0 aliphatic heterocycles. The van der Waals surface area contributed by atoms with Crippen LogP contribution < -0.4 is 5.73 Å². The van der Waals surface area contributed by atoms with Crippen molar-refractivity contribution in [3.63, 3.8) is 0 Å². The summed E-state index contributed by atoms with van der Waals surface area (Å²) >= 11 is 0. The van der Waals surface area contributed by atoms with Crippen molar-refractivity contribution in [2.24, 2.45) is 5.73 Å². The molecule has 0 radical (unpaired) electrons. The summed E-state index contributed by atoms with van der Waals surface area (Å²) in [6.45, 7) is 5.08. The maximum absolute atomic E-state index is 10.8. The average molecular weight is 139 g/mol. The number of rotatable bonds is 2. The van der Waals surface area contributed by atoms with Crippen LogP contribution in [-0.2, 0) is 4.79 Å². The molecule has 2 nitrogen and oxygen atoms in total. The lowest BCUT2D eigenvalue weighted by atomic mass is 10.1. The first kappa shape index (κ1) is 8.95. The molecule has 0 aromatic heterocycles. The molecule has 56 valence electrons. The van der Waals surface area contributed by atoms with Gasteiger partial charge in [-0.15, -0.1) is 0 Å². The molecule has 0 saturated heterocycles. The molecular formula is C8H13NO. The molecule has 2 heteroatoms. The van der Waals surface area contributed by atoms with E-state index in [0.29, 0.717) is 11.3 Å². The van der Waals surface area contributed by atoms with Crippen molar-refractivity contribution in [2.45, 2.75) is 20.8 Å².